The van der Waals surface area contributed by atoms with Gasteiger partial charge in [0.15, 0.2) is 0 Å². The van der Waals surface area contributed by atoms with E-state index >= 15 is 0 Å². The second kappa shape index (κ2) is 17.7. The molecule has 4 N–H and O–H groups in total. The number of likely N-dealkylation sites (tertiary alicyclic amines) is 1. The molecule has 13 heteroatoms. The van der Waals surface area contributed by atoms with Gasteiger partial charge in [0.25, 0.3) is 11.8 Å². The Labute approximate surface area is 306 Å². The van der Waals surface area contributed by atoms with Gasteiger partial charge in [-0.05, 0) is 54.9 Å². The summed E-state index contributed by atoms with van der Waals surface area (Å²) < 4.78 is 0. The maximum atomic E-state index is 14.6. The van der Waals surface area contributed by atoms with Gasteiger partial charge < -0.3 is 26.2 Å². The molecular weight excluding hydrogens is 662 g/mol. The molecule has 0 spiro atoms. The smallest absolute Gasteiger partial charge is 0.290 e. The number of nitrogens with zero attached hydrogens (tertiary/aromatic N) is 3. The summed E-state index contributed by atoms with van der Waals surface area (Å²) in [4.78, 5) is 91.9. The number of ketones is 1. The average Bonchev–Trinajstić information content (AvgIpc) is 3.73. The summed E-state index contributed by atoms with van der Waals surface area (Å²) in [6.45, 7) is 13.3. The third-order valence-corrected chi connectivity index (χ3v) is 10.5. The third kappa shape index (κ3) is 9.60. The maximum Gasteiger partial charge on any atom is 0.290 e. The predicted molar refractivity (Wildman–Crippen MR) is 195 cm³/mol. The second-order valence-corrected chi connectivity index (χ2v) is 15.3. The van der Waals surface area contributed by atoms with Crippen molar-refractivity contribution in [2.75, 3.05) is 6.54 Å². The third-order valence-electron chi connectivity index (χ3n) is 10.5. The number of amides is 5. The van der Waals surface area contributed by atoms with Crippen LogP contribution < -0.4 is 21.3 Å². The quantitative estimate of drug-likeness (QED) is 0.202. The summed E-state index contributed by atoms with van der Waals surface area (Å²) in [6, 6.07) is 4.93. The Kier molecular flexibility index (Phi) is 13.6. The van der Waals surface area contributed by atoms with Gasteiger partial charge in [-0.3, -0.25) is 33.8 Å². The Morgan fingerprint density at radius 1 is 0.923 bits per heavy atom. The van der Waals surface area contributed by atoms with Crippen molar-refractivity contribution >= 4 is 35.3 Å². The number of Topliss-reactive ketones (excluding diaryl/α,β-unsaturated/α-hetero) is 1. The first-order valence-corrected chi connectivity index (χ1v) is 18.6. The van der Waals surface area contributed by atoms with Crippen LogP contribution in [0, 0.1) is 23.2 Å². The Balaban J connectivity index is 1.54. The highest BCUT2D eigenvalue weighted by Crippen LogP contribution is 2.43. The zero-order valence-electron chi connectivity index (χ0n) is 31.5. The molecule has 13 nitrogen and oxygen atoms in total. The van der Waals surface area contributed by atoms with Crippen LogP contribution in [0.15, 0.2) is 48.9 Å². The molecule has 2 fully saturated rings. The fraction of sp³-hybridized carbons (Fsp3) is 0.590. The van der Waals surface area contributed by atoms with Crippen molar-refractivity contribution in [2.45, 2.75) is 117 Å². The van der Waals surface area contributed by atoms with Gasteiger partial charge in [-0.2, -0.15) is 0 Å². The van der Waals surface area contributed by atoms with Crippen molar-refractivity contribution in [1.82, 2.24) is 36.1 Å². The van der Waals surface area contributed by atoms with Crippen molar-refractivity contribution in [3.8, 4) is 0 Å². The number of benzene rings is 1. The van der Waals surface area contributed by atoms with E-state index < -0.39 is 70.9 Å². The van der Waals surface area contributed by atoms with Crippen molar-refractivity contribution in [3.05, 3.63) is 60.2 Å². The summed E-state index contributed by atoms with van der Waals surface area (Å²) in [7, 11) is 0. The van der Waals surface area contributed by atoms with Crippen LogP contribution in [0.2, 0.25) is 0 Å². The van der Waals surface area contributed by atoms with Crippen LogP contribution in [0.25, 0.3) is 0 Å². The van der Waals surface area contributed by atoms with E-state index in [4.69, 9.17) is 0 Å². The molecule has 1 aliphatic heterocycles. The first-order valence-electron chi connectivity index (χ1n) is 18.6. The molecule has 52 heavy (non-hydrogen) atoms. The monoisotopic (exact) mass is 717 g/mol. The molecule has 2 aromatic rings. The first-order chi connectivity index (χ1) is 24.7. The lowest BCUT2D eigenvalue weighted by Gasteiger charge is -2.37. The number of nitrogens with one attached hydrogen (secondary N) is 4. The number of carbonyl (C=O) groups is 6. The lowest BCUT2D eigenvalue weighted by molar-refractivity contribution is -0.146. The summed E-state index contributed by atoms with van der Waals surface area (Å²) in [6.07, 6.45) is 8.03. The fourth-order valence-electron chi connectivity index (χ4n) is 7.31. The molecule has 8 atom stereocenters. The van der Waals surface area contributed by atoms with Gasteiger partial charge in [0, 0.05) is 18.9 Å². The SMILES string of the molecule is CCC[C@@H](NC(=O)[C@@H]1[C@H]2CCC[C@H]2CN1C(=O)[C@@H](NC(=O)[C@@H](NC(=O)c1cnccn1)C(C)CC)C(C)(C)C)C(=O)C(=O)N[C@@H](C)c1ccccc1. The zero-order valence-corrected chi connectivity index (χ0v) is 31.5. The summed E-state index contributed by atoms with van der Waals surface area (Å²) in [5, 5.41) is 11.3. The van der Waals surface area contributed by atoms with E-state index in [2.05, 4.69) is 31.2 Å². The summed E-state index contributed by atoms with van der Waals surface area (Å²) in [5.41, 5.74) is 0.137. The highest BCUT2D eigenvalue weighted by atomic mass is 16.2. The standard InChI is InChI=1S/C39H55N7O6/c1-8-14-28(32(47)37(51)42-24(4)25-15-11-10-12-16-25)43-36(50)31-27-18-13-17-26(27)22-46(31)38(52)33(39(5,6)7)45-35(49)30(23(3)9-2)44-34(48)29-21-40-19-20-41-29/h10-12,15-16,19-21,23-24,26-28,30-31,33H,8-9,13-14,17-18,22H2,1-7H3,(H,42,51)(H,43,50)(H,44,48)(H,45,49)/t23?,24-,26-,27-,28+,30-,31-,33+/m0/s1. The van der Waals surface area contributed by atoms with E-state index in [0.717, 1.165) is 24.8 Å². The van der Waals surface area contributed by atoms with Crippen LogP contribution in [-0.2, 0) is 24.0 Å². The molecule has 1 saturated carbocycles. The van der Waals surface area contributed by atoms with Gasteiger partial charge in [0.05, 0.1) is 18.3 Å². The number of fused-ring (bicyclic) bond motifs is 1. The zero-order chi connectivity index (χ0) is 38.2. The lowest BCUT2D eigenvalue weighted by Crippen LogP contribution is -2.62. The van der Waals surface area contributed by atoms with Crippen LogP contribution in [0.4, 0.5) is 0 Å². The molecule has 5 amide bonds. The minimum absolute atomic E-state index is 0.0626. The Morgan fingerprint density at radius 3 is 2.25 bits per heavy atom. The molecule has 2 aliphatic rings. The summed E-state index contributed by atoms with van der Waals surface area (Å²) in [5.74, 6) is -3.81. The van der Waals surface area contributed by atoms with Crippen LogP contribution >= 0.6 is 0 Å². The second-order valence-electron chi connectivity index (χ2n) is 15.3. The molecule has 0 bridgehead atoms. The van der Waals surface area contributed by atoms with Crippen LogP contribution in [-0.4, -0.2) is 80.9 Å². The van der Waals surface area contributed by atoms with Gasteiger partial charge in [0.2, 0.25) is 23.5 Å². The minimum Gasteiger partial charge on any atom is -0.344 e. The molecule has 1 unspecified atom stereocenters. The molecular formula is C39H55N7O6. The minimum atomic E-state index is -1.06. The largest absolute Gasteiger partial charge is 0.344 e. The van der Waals surface area contributed by atoms with Gasteiger partial charge in [-0.1, -0.05) is 91.1 Å². The topological polar surface area (TPSA) is 180 Å². The molecule has 0 radical (unpaired) electrons. The van der Waals surface area contributed by atoms with E-state index in [9.17, 15) is 28.8 Å². The van der Waals surface area contributed by atoms with E-state index in [1.54, 1.807) is 11.8 Å². The fourth-order valence-corrected chi connectivity index (χ4v) is 7.31. The highest BCUT2D eigenvalue weighted by Gasteiger charge is 2.52. The van der Waals surface area contributed by atoms with Crippen molar-refractivity contribution in [2.24, 2.45) is 23.2 Å². The number of aromatic nitrogens is 2. The molecule has 1 aliphatic carbocycles. The Bertz CT molecular complexity index is 1580. The highest BCUT2D eigenvalue weighted by molar-refractivity contribution is 6.38. The van der Waals surface area contributed by atoms with Gasteiger partial charge in [0.1, 0.15) is 23.8 Å². The molecule has 4 rings (SSSR count). The summed E-state index contributed by atoms with van der Waals surface area (Å²) >= 11 is 0. The Morgan fingerprint density at radius 2 is 1.63 bits per heavy atom. The van der Waals surface area contributed by atoms with Crippen molar-refractivity contribution < 1.29 is 28.8 Å². The van der Waals surface area contributed by atoms with E-state index in [1.165, 1.54) is 18.6 Å². The van der Waals surface area contributed by atoms with Crippen LogP contribution in [0.5, 0.6) is 0 Å². The van der Waals surface area contributed by atoms with Crippen molar-refractivity contribution in [1.29, 1.82) is 0 Å². The van der Waals surface area contributed by atoms with Gasteiger partial charge in [-0.25, -0.2) is 4.98 Å². The molecule has 2 heterocycles. The molecule has 1 saturated heterocycles. The van der Waals surface area contributed by atoms with Crippen molar-refractivity contribution in [3.63, 3.8) is 0 Å². The first kappa shape index (κ1) is 40.1. The van der Waals surface area contributed by atoms with Gasteiger partial charge >= 0.3 is 0 Å². The number of hydrogen-bond acceptors (Lipinski definition) is 8. The maximum absolute atomic E-state index is 14.6. The number of carbonyl (C=O) groups excluding carboxylic acids is 6. The van der Waals surface area contributed by atoms with E-state index in [1.807, 2.05) is 71.9 Å². The Hall–Kier alpha value is -4.68. The average molecular weight is 718 g/mol. The van der Waals surface area contributed by atoms with Crippen LogP contribution in [0.3, 0.4) is 0 Å². The van der Waals surface area contributed by atoms with E-state index in [0.29, 0.717) is 19.4 Å². The molecule has 1 aromatic heterocycles. The normalized spacial score (nSPS) is 21.1. The number of hydrogen-bond donors (Lipinski definition) is 4. The lowest BCUT2D eigenvalue weighted by atomic mass is 9.84. The molecule has 282 valence electrons. The van der Waals surface area contributed by atoms with E-state index in [-0.39, 0.29) is 29.9 Å². The van der Waals surface area contributed by atoms with Gasteiger partial charge in [-0.15, -0.1) is 0 Å². The molecule has 1 aromatic carbocycles. The predicted octanol–water partition coefficient (Wildman–Crippen LogP) is 3.51. The van der Waals surface area contributed by atoms with Crippen LogP contribution in [0.1, 0.15) is 109 Å². The number of rotatable bonds is 15.